The Morgan fingerprint density at radius 2 is 1.29 bits per heavy atom. The Morgan fingerprint density at radius 3 is 1.29 bits per heavy atom. The average molecular weight is 367 g/mol. The summed E-state index contributed by atoms with van der Waals surface area (Å²) in [5.41, 5.74) is 0. The van der Waals surface area contributed by atoms with Gasteiger partial charge in [0.1, 0.15) is 0 Å². The van der Waals surface area contributed by atoms with E-state index >= 15 is 0 Å². The zero-order valence-corrected chi connectivity index (χ0v) is 12.7. The Morgan fingerprint density at radius 1 is 1.29 bits per heavy atom. The fraction of sp³-hybridized carbons (Fsp3) is 0. The van der Waals surface area contributed by atoms with Crippen LogP contribution in [0.5, 0.6) is 0 Å². The van der Waals surface area contributed by atoms with Crippen LogP contribution < -0.4 is 0 Å². The summed E-state index contributed by atoms with van der Waals surface area (Å²) >= 11 is 0. The van der Waals surface area contributed by atoms with Gasteiger partial charge in [0.15, 0.2) is 0 Å². The van der Waals surface area contributed by atoms with Gasteiger partial charge in [-0.1, -0.05) is 0 Å². The van der Waals surface area contributed by atoms with Crippen LogP contribution in [-0.4, -0.2) is 54.5 Å². The molecule has 7 heteroatoms. The van der Waals surface area contributed by atoms with Crippen molar-refractivity contribution in [2.75, 3.05) is 0 Å². The minimum absolute atomic E-state index is 0. The molecule has 0 saturated heterocycles. The molecule has 0 aliphatic heterocycles. The van der Waals surface area contributed by atoms with Crippen molar-refractivity contribution in [3.05, 3.63) is 0 Å². The van der Waals surface area contributed by atoms with E-state index in [4.69, 9.17) is 14.1 Å². The van der Waals surface area contributed by atoms with Crippen LogP contribution in [0.4, 0.5) is 0 Å². The molecule has 0 aromatic rings. The second-order valence-corrected chi connectivity index (χ2v) is 0.848. The van der Waals surface area contributed by atoms with Crippen LogP contribution in [0.3, 0.4) is 0 Å². The maximum Gasteiger partial charge on any atom is 0 e. The quantitative estimate of drug-likeness (QED) is 0.434. The molecule has 0 amide bonds. The first kappa shape index (κ1) is 24.0. The van der Waals surface area contributed by atoms with E-state index in [1.807, 2.05) is 0 Å². The van der Waals surface area contributed by atoms with Crippen LogP contribution >= 0.6 is 0 Å². The van der Waals surface area contributed by atoms with Crippen LogP contribution in [0.25, 0.3) is 0 Å². The second-order valence-electron chi connectivity index (χ2n) is 0.283. The van der Waals surface area contributed by atoms with Gasteiger partial charge in [-0.05, 0) is 0 Å². The van der Waals surface area contributed by atoms with Gasteiger partial charge in [-0.25, -0.2) is 0 Å². The summed E-state index contributed by atoms with van der Waals surface area (Å²) in [6.07, 6.45) is 0. The van der Waals surface area contributed by atoms with Gasteiger partial charge in [0.05, 0.1) is 8.41 Å². The predicted molar refractivity (Wildman–Crippen MR) is 29.4 cm³/mol. The molecule has 0 rings (SSSR count). The summed E-state index contributed by atoms with van der Waals surface area (Å²) in [6.45, 7) is 0. The molecule has 0 atom stereocenters. The molecule has 0 heterocycles. The molecular weight excluding hydrogens is 359 g/mol. The Hall–Kier alpha value is 1.23. The Balaban J connectivity index is -0.0000000150. The topological polar surface area (TPSA) is 57.5 Å². The van der Waals surface area contributed by atoms with Crippen molar-refractivity contribution in [2.24, 2.45) is 0 Å². The first-order valence-corrected chi connectivity index (χ1v) is 1.95. The van der Waals surface area contributed by atoms with E-state index in [2.05, 4.69) is 0 Å². The monoisotopic (exact) mass is 366 g/mol. The second kappa shape index (κ2) is 15.7. The van der Waals surface area contributed by atoms with E-state index in [-0.39, 0.29) is 55.2 Å². The summed E-state index contributed by atoms with van der Waals surface area (Å²) in [6, 6.07) is 0. The van der Waals surface area contributed by atoms with Crippen molar-refractivity contribution in [3.63, 3.8) is 0 Å². The van der Waals surface area contributed by atoms with Crippen LogP contribution in [-0.2, 0) is 23.9 Å². The molecule has 7 heavy (non-hydrogen) atoms. The third-order valence-corrected chi connectivity index (χ3v) is 0. The summed E-state index contributed by atoms with van der Waals surface area (Å²) in [7, 11) is -3.13. The first-order valence-electron chi connectivity index (χ1n) is 0.651. The molecule has 0 bridgehead atoms. The molecule has 2 N–H and O–H groups in total. The van der Waals surface area contributed by atoms with E-state index in [1.165, 1.54) is 0 Å². The van der Waals surface area contributed by atoms with Gasteiger partial charge in [0, 0.05) is 19.5 Å². The zero-order valence-electron chi connectivity index (χ0n) is 3.22. The summed E-state index contributed by atoms with van der Waals surface area (Å²) in [5, 5.41) is 0. The van der Waals surface area contributed by atoms with E-state index in [9.17, 15) is 0 Å². The molecule has 3 nitrogen and oxygen atoms in total. The molecule has 0 aromatic carbocycles. The van der Waals surface area contributed by atoms with E-state index < -0.39 is 9.17 Å². The zero-order chi connectivity index (χ0) is 3.58. The van der Waals surface area contributed by atoms with Gasteiger partial charge in [-0.3, -0.25) is 4.46 Å². The third kappa shape index (κ3) is 131. The van der Waals surface area contributed by atoms with Crippen LogP contribution in [0.15, 0.2) is 0 Å². The number of hydrogen-bond donors (Lipinski definition) is 2. The first-order chi connectivity index (χ1) is 1.73. The largest absolute Gasteiger partial charge is 0 e. The molecule has 0 fully saturated rings. The number of rotatable bonds is 0. The van der Waals surface area contributed by atoms with Gasteiger partial charge in [-0.15, -0.1) is 0 Å². The average Bonchev–Trinajstić information content (AvgIpc) is 0.811. The van der Waals surface area contributed by atoms with Crippen molar-refractivity contribution in [3.8, 4) is 0 Å². The Kier molecular flexibility index (Phi) is 53.9. The minimum atomic E-state index is -3.13. The van der Waals surface area contributed by atoms with Gasteiger partial charge < -0.3 is 9.59 Å². The summed E-state index contributed by atoms with van der Waals surface area (Å²) in [4.78, 5) is 14.3. The van der Waals surface area contributed by atoms with Crippen LogP contribution in [0, 0.1) is 0 Å². The maximum absolute atomic E-state index is 8.74. The van der Waals surface area contributed by atoms with E-state index in [0.717, 1.165) is 0 Å². The van der Waals surface area contributed by atoms with Crippen molar-refractivity contribution in [1.29, 1.82) is 0 Å². The van der Waals surface area contributed by atoms with Gasteiger partial charge >= 0.3 is 36.5 Å². The SMILES string of the molecule is B.O=[Si](O)O.[PbH2].[Zn]. The normalized spacial score (nSPS) is 3.43. The molecule has 0 aromatic heterocycles. The molecule has 0 unspecified atom stereocenters. The van der Waals surface area contributed by atoms with Crippen LogP contribution in [0.2, 0.25) is 0 Å². The standard InChI is InChI=1S/BH3.H2O3Si.Pb.Zn.2H/c;1-4(2)3;;;;/h1H3;1-2H;;;;. The fourth-order valence-electron chi connectivity index (χ4n) is 0. The van der Waals surface area contributed by atoms with Crippen molar-refractivity contribution >= 4 is 44.9 Å². The Labute approximate surface area is 77.9 Å². The minimum Gasteiger partial charge on any atom is 0 e. The van der Waals surface area contributed by atoms with E-state index in [1.54, 1.807) is 0 Å². The van der Waals surface area contributed by atoms with Crippen molar-refractivity contribution in [1.82, 2.24) is 0 Å². The molecule has 0 aliphatic rings. The maximum atomic E-state index is 8.74. The van der Waals surface area contributed by atoms with Gasteiger partial charge in [0.2, 0.25) is 0 Å². The van der Waals surface area contributed by atoms with Crippen molar-refractivity contribution in [2.45, 2.75) is 0 Å². The van der Waals surface area contributed by atoms with Crippen LogP contribution in [0.1, 0.15) is 0 Å². The molecule has 0 spiro atoms. The third-order valence-electron chi connectivity index (χ3n) is 0. The van der Waals surface area contributed by atoms with Gasteiger partial charge in [0.25, 0.3) is 0 Å². The molecule has 38 valence electrons. The molecule has 0 aliphatic carbocycles. The van der Waals surface area contributed by atoms with Gasteiger partial charge in [-0.2, -0.15) is 0 Å². The summed E-state index contributed by atoms with van der Waals surface area (Å²) < 4.78 is 8.74. The molecule has 2 radical (unpaired) electrons. The van der Waals surface area contributed by atoms with Crippen molar-refractivity contribution < 1.29 is 33.5 Å². The number of hydrogen-bond acceptors (Lipinski definition) is 1. The molecule has 0 saturated carbocycles. The van der Waals surface area contributed by atoms with E-state index in [0.29, 0.717) is 0 Å². The summed E-state index contributed by atoms with van der Waals surface area (Å²) in [5.74, 6) is 0. The smallest absolute Gasteiger partial charge is 0 e. The fourth-order valence-corrected chi connectivity index (χ4v) is 0. The molecular formula is H7BO3PbSiZn. The predicted octanol–water partition coefficient (Wildman–Crippen LogP) is -3.72. The Bertz CT molecular complexity index is 37.9.